The molecular formula is C8H13ClN4O2. The highest BCUT2D eigenvalue weighted by Gasteiger charge is 2.04. The number of amides is 1. The Morgan fingerprint density at radius 1 is 1.53 bits per heavy atom. The molecule has 6 nitrogen and oxygen atoms in total. The van der Waals surface area contributed by atoms with Crippen molar-refractivity contribution in [1.82, 2.24) is 4.98 Å². The fourth-order valence-corrected chi connectivity index (χ4v) is 0.827. The lowest BCUT2D eigenvalue weighted by molar-refractivity contribution is 0.168. The van der Waals surface area contributed by atoms with Crippen molar-refractivity contribution >= 4 is 35.8 Å². The van der Waals surface area contributed by atoms with Crippen LogP contribution in [0, 0.1) is 0 Å². The van der Waals surface area contributed by atoms with Gasteiger partial charge in [-0.25, -0.2) is 9.78 Å². The zero-order valence-corrected chi connectivity index (χ0v) is 9.00. The minimum absolute atomic E-state index is 0. The minimum atomic E-state index is -0.566. The Labute approximate surface area is 93.4 Å². The predicted octanol–water partition coefficient (Wildman–Crippen LogP) is 1.24. The molecule has 0 aliphatic rings. The SMILES string of the molecule is CCOC(=O)Nc1ccc(N)c(N)n1.Cl. The summed E-state index contributed by atoms with van der Waals surface area (Å²) in [5.41, 5.74) is 11.3. The van der Waals surface area contributed by atoms with E-state index in [0.29, 0.717) is 18.1 Å². The molecule has 0 unspecified atom stereocenters. The number of anilines is 3. The molecule has 0 aliphatic carbocycles. The predicted molar refractivity (Wildman–Crippen MR) is 61.0 cm³/mol. The van der Waals surface area contributed by atoms with Gasteiger partial charge in [0.25, 0.3) is 0 Å². The van der Waals surface area contributed by atoms with Gasteiger partial charge in [0.1, 0.15) is 11.6 Å². The van der Waals surface area contributed by atoms with Crippen molar-refractivity contribution in [2.45, 2.75) is 6.92 Å². The second-order valence-electron chi connectivity index (χ2n) is 2.52. The fourth-order valence-electron chi connectivity index (χ4n) is 0.827. The minimum Gasteiger partial charge on any atom is -0.450 e. The lowest BCUT2D eigenvalue weighted by atomic mass is 10.4. The van der Waals surface area contributed by atoms with Crippen LogP contribution in [0.15, 0.2) is 12.1 Å². The number of nitrogens with one attached hydrogen (secondary N) is 1. The van der Waals surface area contributed by atoms with Crippen LogP contribution in [0.3, 0.4) is 0 Å². The van der Waals surface area contributed by atoms with Crippen LogP contribution in [0.25, 0.3) is 0 Å². The highest BCUT2D eigenvalue weighted by Crippen LogP contribution is 2.14. The monoisotopic (exact) mass is 232 g/mol. The number of hydrogen-bond donors (Lipinski definition) is 3. The highest BCUT2D eigenvalue weighted by molar-refractivity contribution is 5.85. The summed E-state index contributed by atoms with van der Waals surface area (Å²) >= 11 is 0. The molecule has 0 bridgehead atoms. The van der Waals surface area contributed by atoms with Crippen molar-refractivity contribution in [2.75, 3.05) is 23.4 Å². The van der Waals surface area contributed by atoms with Crippen LogP contribution in [0.5, 0.6) is 0 Å². The normalized spacial score (nSPS) is 8.87. The molecule has 0 aromatic carbocycles. The van der Waals surface area contributed by atoms with E-state index in [4.69, 9.17) is 11.5 Å². The molecule has 0 fully saturated rings. The Kier molecular flexibility index (Phi) is 5.25. The van der Waals surface area contributed by atoms with E-state index < -0.39 is 6.09 Å². The number of aromatic nitrogens is 1. The van der Waals surface area contributed by atoms with Crippen molar-refractivity contribution in [3.05, 3.63) is 12.1 Å². The zero-order valence-electron chi connectivity index (χ0n) is 8.19. The lowest BCUT2D eigenvalue weighted by Crippen LogP contribution is -2.14. The smallest absolute Gasteiger partial charge is 0.412 e. The molecule has 1 heterocycles. The maximum Gasteiger partial charge on any atom is 0.412 e. The van der Waals surface area contributed by atoms with Gasteiger partial charge in [-0.2, -0.15) is 0 Å². The number of ether oxygens (including phenoxy) is 1. The summed E-state index contributed by atoms with van der Waals surface area (Å²) in [5, 5.41) is 2.40. The summed E-state index contributed by atoms with van der Waals surface area (Å²) in [6.45, 7) is 2.01. The standard InChI is InChI=1S/C8H12N4O2.ClH/c1-2-14-8(13)12-6-4-3-5(9)7(10)11-6;/h3-4H,2,9H2,1H3,(H3,10,11,12,13);1H. The molecule has 1 aromatic heterocycles. The first-order valence-corrected chi connectivity index (χ1v) is 4.09. The van der Waals surface area contributed by atoms with Gasteiger partial charge in [-0.3, -0.25) is 5.32 Å². The van der Waals surface area contributed by atoms with E-state index in [1.807, 2.05) is 0 Å². The maximum absolute atomic E-state index is 11.0. The molecule has 0 aliphatic heterocycles. The number of carbonyl (C=O) groups is 1. The number of halogens is 1. The zero-order chi connectivity index (χ0) is 10.6. The quantitative estimate of drug-likeness (QED) is 0.712. The Morgan fingerprint density at radius 3 is 2.73 bits per heavy atom. The molecule has 84 valence electrons. The average molecular weight is 233 g/mol. The Morgan fingerprint density at radius 2 is 2.20 bits per heavy atom. The van der Waals surface area contributed by atoms with Gasteiger partial charge in [0.2, 0.25) is 0 Å². The maximum atomic E-state index is 11.0. The number of pyridine rings is 1. The fraction of sp³-hybridized carbons (Fsp3) is 0.250. The number of rotatable bonds is 2. The van der Waals surface area contributed by atoms with Crippen LogP contribution in [-0.2, 0) is 4.74 Å². The number of nitrogens with two attached hydrogens (primary N) is 2. The summed E-state index contributed by atoms with van der Waals surface area (Å²) in [6.07, 6.45) is -0.566. The number of nitrogens with zero attached hydrogens (tertiary/aromatic N) is 1. The van der Waals surface area contributed by atoms with E-state index in [0.717, 1.165) is 0 Å². The van der Waals surface area contributed by atoms with E-state index in [1.54, 1.807) is 19.1 Å². The van der Waals surface area contributed by atoms with Gasteiger partial charge in [0.15, 0.2) is 0 Å². The second kappa shape index (κ2) is 5.92. The molecule has 0 radical (unpaired) electrons. The molecule has 0 saturated carbocycles. The van der Waals surface area contributed by atoms with E-state index in [-0.39, 0.29) is 18.2 Å². The summed E-state index contributed by atoms with van der Waals surface area (Å²) in [4.78, 5) is 14.8. The average Bonchev–Trinajstić information content (AvgIpc) is 2.12. The van der Waals surface area contributed by atoms with Gasteiger partial charge < -0.3 is 16.2 Å². The van der Waals surface area contributed by atoms with Gasteiger partial charge in [-0.05, 0) is 19.1 Å². The van der Waals surface area contributed by atoms with E-state index in [1.165, 1.54) is 0 Å². The van der Waals surface area contributed by atoms with E-state index in [2.05, 4.69) is 15.0 Å². The van der Waals surface area contributed by atoms with Gasteiger partial charge in [-0.1, -0.05) is 0 Å². The van der Waals surface area contributed by atoms with Crippen LogP contribution in [0.4, 0.5) is 22.1 Å². The Hall–Kier alpha value is -1.69. The Balaban J connectivity index is 0.00000196. The van der Waals surface area contributed by atoms with Crippen molar-refractivity contribution in [2.24, 2.45) is 0 Å². The van der Waals surface area contributed by atoms with E-state index in [9.17, 15) is 4.79 Å². The summed E-state index contributed by atoms with van der Waals surface area (Å²) in [6, 6.07) is 3.10. The second-order valence-corrected chi connectivity index (χ2v) is 2.52. The molecule has 0 spiro atoms. The first-order chi connectivity index (χ1) is 6.63. The summed E-state index contributed by atoms with van der Waals surface area (Å²) < 4.78 is 4.65. The van der Waals surface area contributed by atoms with Gasteiger partial charge in [0.05, 0.1) is 12.3 Å². The van der Waals surface area contributed by atoms with Crippen LogP contribution < -0.4 is 16.8 Å². The molecule has 1 rings (SSSR count). The third kappa shape index (κ3) is 3.90. The van der Waals surface area contributed by atoms with Crippen molar-refractivity contribution in [3.8, 4) is 0 Å². The van der Waals surface area contributed by atoms with Gasteiger partial charge >= 0.3 is 6.09 Å². The molecule has 1 amide bonds. The molecule has 5 N–H and O–H groups in total. The molecule has 0 atom stereocenters. The summed E-state index contributed by atoms with van der Waals surface area (Å²) in [5.74, 6) is 0.495. The number of hydrogen-bond acceptors (Lipinski definition) is 5. The van der Waals surface area contributed by atoms with Crippen molar-refractivity contribution < 1.29 is 9.53 Å². The third-order valence-electron chi connectivity index (χ3n) is 1.46. The van der Waals surface area contributed by atoms with Crippen LogP contribution in [-0.4, -0.2) is 17.7 Å². The van der Waals surface area contributed by atoms with Crippen molar-refractivity contribution in [1.29, 1.82) is 0 Å². The number of nitrogen functional groups attached to an aromatic ring is 2. The van der Waals surface area contributed by atoms with Crippen LogP contribution in [0.1, 0.15) is 6.92 Å². The van der Waals surface area contributed by atoms with Gasteiger partial charge in [0, 0.05) is 0 Å². The largest absolute Gasteiger partial charge is 0.450 e. The summed E-state index contributed by atoms with van der Waals surface area (Å²) in [7, 11) is 0. The molecule has 7 heteroatoms. The molecular weight excluding hydrogens is 220 g/mol. The van der Waals surface area contributed by atoms with Crippen LogP contribution >= 0.6 is 12.4 Å². The molecule has 1 aromatic rings. The van der Waals surface area contributed by atoms with Crippen LogP contribution in [0.2, 0.25) is 0 Å². The van der Waals surface area contributed by atoms with Crippen molar-refractivity contribution in [3.63, 3.8) is 0 Å². The van der Waals surface area contributed by atoms with Gasteiger partial charge in [-0.15, -0.1) is 12.4 Å². The Bertz CT molecular complexity index is 345. The first-order valence-electron chi connectivity index (χ1n) is 4.09. The molecule has 15 heavy (non-hydrogen) atoms. The first kappa shape index (κ1) is 13.3. The third-order valence-corrected chi connectivity index (χ3v) is 1.46. The topological polar surface area (TPSA) is 103 Å². The highest BCUT2D eigenvalue weighted by atomic mass is 35.5. The number of carbonyl (C=O) groups excluding carboxylic acids is 1. The molecule has 0 saturated heterocycles. The lowest BCUT2D eigenvalue weighted by Gasteiger charge is -2.05. The van der Waals surface area contributed by atoms with E-state index >= 15 is 0 Å².